The summed E-state index contributed by atoms with van der Waals surface area (Å²) in [5, 5.41) is 6.71. The molecule has 114 valence electrons. The lowest BCUT2D eigenvalue weighted by Gasteiger charge is -2.30. The second kappa shape index (κ2) is 6.93. The van der Waals surface area contributed by atoms with E-state index in [0.717, 1.165) is 19.6 Å². The van der Waals surface area contributed by atoms with E-state index in [2.05, 4.69) is 31.4 Å². The Labute approximate surface area is 114 Å². The molecule has 0 atom stereocenters. The molecule has 0 aliphatic heterocycles. The summed E-state index contributed by atoms with van der Waals surface area (Å²) in [4.78, 5) is 0. The van der Waals surface area contributed by atoms with Crippen LogP contribution < -0.4 is 10.6 Å². The van der Waals surface area contributed by atoms with Gasteiger partial charge in [-0.05, 0) is 58.9 Å². The number of rotatable bonds is 5. The summed E-state index contributed by atoms with van der Waals surface area (Å²) < 4.78 is 37.5. The minimum Gasteiger partial charge on any atom is -0.315 e. The number of hydrogen-bond donors (Lipinski definition) is 2. The van der Waals surface area contributed by atoms with Gasteiger partial charge < -0.3 is 10.6 Å². The first kappa shape index (κ1) is 16.8. The van der Waals surface area contributed by atoms with Crippen LogP contribution in [-0.4, -0.2) is 31.3 Å². The Hall–Kier alpha value is -0.290. The predicted molar refractivity (Wildman–Crippen MR) is 72.1 cm³/mol. The molecule has 1 aliphatic carbocycles. The van der Waals surface area contributed by atoms with Crippen molar-refractivity contribution in [2.24, 2.45) is 11.8 Å². The van der Waals surface area contributed by atoms with Crippen LogP contribution >= 0.6 is 0 Å². The first-order valence-electron chi connectivity index (χ1n) is 7.21. The zero-order chi connectivity index (χ0) is 14.5. The van der Waals surface area contributed by atoms with Gasteiger partial charge in [0, 0.05) is 18.6 Å². The zero-order valence-corrected chi connectivity index (χ0v) is 12.2. The Bertz CT molecular complexity index is 250. The minimum atomic E-state index is -3.99. The summed E-state index contributed by atoms with van der Waals surface area (Å²) in [6, 6.07) is 0. The first-order chi connectivity index (χ1) is 8.68. The third-order valence-electron chi connectivity index (χ3n) is 3.70. The van der Waals surface area contributed by atoms with E-state index in [4.69, 9.17) is 0 Å². The molecular formula is C14H27F3N2. The standard InChI is InChI=1S/C14H27F3N2/c1-13(2,3)19-9-8-18-10-11-4-6-12(7-5-11)14(15,16)17/h11-12,18-19H,4-10H2,1-3H3. The van der Waals surface area contributed by atoms with Gasteiger partial charge in [0.1, 0.15) is 0 Å². The monoisotopic (exact) mass is 280 g/mol. The van der Waals surface area contributed by atoms with Crippen LogP contribution in [0, 0.1) is 11.8 Å². The quantitative estimate of drug-likeness (QED) is 0.755. The molecule has 2 N–H and O–H groups in total. The van der Waals surface area contributed by atoms with Crippen molar-refractivity contribution in [3.8, 4) is 0 Å². The summed E-state index contributed by atoms with van der Waals surface area (Å²) in [5.74, 6) is -0.653. The molecule has 0 saturated heterocycles. The Balaban J connectivity index is 2.07. The van der Waals surface area contributed by atoms with Gasteiger partial charge in [-0.15, -0.1) is 0 Å². The van der Waals surface area contributed by atoms with Gasteiger partial charge in [-0.1, -0.05) is 0 Å². The van der Waals surface area contributed by atoms with Crippen LogP contribution in [0.4, 0.5) is 13.2 Å². The molecule has 1 fully saturated rings. The largest absolute Gasteiger partial charge is 0.391 e. The Morgan fingerprint density at radius 3 is 2.00 bits per heavy atom. The van der Waals surface area contributed by atoms with Gasteiger partial charge in [0.15, 0.2) is 0 Å². The molecule has 1 rings (SSSR count). The van der Waals surface area contributed by atoms with Crippen molar-refractivity contribution < 1.29 is 13.2 Å². The number of halogens is 3. The fourth-order valence-corrected chi connectivity index (χ4v) is 2.53. The van der Waals surface area contributed by atoms with Crippen LogP contribution in [0.25, 0.3) is 0 Å². The van der Waals surface area contributed by atoms with Crippen molar-refractivity contribution >= 4 is 0 Å². The molecule has 2 nitrogen and oxygen atoms in total. The van der Waals surface area contributed by atoms with Gasteiger partial charge in [0.25, 0.3) is 0 Å². The maximum atomic E-state index is 12.5. The highest BCUT2D eigenvalue weighted by Crippen LogP contribution is 2.39. The van der Waals surface area contributed by atoms with Gasteiger partial charge in [0.05, 0.1) is 5.92 Å². The lowest BCUT2D eigenvalue weighted by atomic mass is 9.81. The smallest absolute Gasteiger partial charge is 0.315 e. The zero-order valence-electron chi connectivity index (χ0n) is 12.2. The van der Waals surface area contributed by atoms with Gasteiger partial charge in [-0.25, -0.2) is 0 Å². The van der Waals surface area contributed by atoms with Crippen molar-refractivity contribution in [2.75, 3.05) is 19.6 Å². The summed E-state index contributed by atoms with van der Waals surface area (Å²) in [7, 11) is 0. The van der Waals surface area contributed by atoms with Crippen LogP contribution in [0.5, 0.6) is 0 Å². The van der Waals surface area contributed by atoms with Crippen LogP contribution in [0.2, 0.25) is 0 Å². The van der Waals surface area contributed by atoms with Crippen molar-refractivity contribution in [2.45, 2.75) is 58.2 Å². The van der Waals surface area contributed by atoms with Gasteiger partial charge in [-0.3, -0.25) is 0 Å². The molecule has 1 aliphatic rings. The third-order valence-corrected chi connectivity index (χ3v) is 3.70. The van der Waals surface area contributed by atoms with E-state index < -0.39 is 12.1 Å². The second-order valence-electron chi connectivity index (χ2n) is 6.64. The molecule has 0 radical (unpaired) electrons. The minimum absolute atomic E-state index is 0.118. The SMILES string of the molecule is CC(C)(C)NCCNCC1CCC(C(F)(F)F)CC1. The molecule has 0 amide bonds. The molecule has 0 bridgehead atoms. The highest BCUT2D eigenvalue weighted by Gasteiger charge is 2.41. The van der Waals surface area contributed by atoms with Crippen molar-refractivity contribution in [1.82, 2.24) is 10.6 Å². The Kier molecular flexibility index (Phi) is 6.12. The van der Waals surface area contributed by atoms with Gasteiger partial charge in [0.2, 0.25) is 0 Å². The van der Waals surface area contributed by atoms with Gasteiger partial charge >= 0.3 is 6.18 Å². The molecule has 0 unspecified atom stereocenters. The van der Waals surface area contributed by atoms with Crippen LogP contribution in [0.3, 0.4) is 0 Å². The molecule has 0 aromatic rings. The van der Waals surface area contributed by atoms with Crippen LogP contribution in [-0.2, 0) is 0 Å². The maximum absolute atomic E-state index is 12.5. The van der Waals surface area contributed by atoms with E-state index >= 15 is 0 Å². The molecule has 5 heteroatoms. The predicted octanol–water partition coefficient (Wildman–Crippen LogP) is 3.33. The summed E-state index contributed by atoms with van der Waals surface area (Å²) in [6.45, 7) is 8.95. The molecule has 0 spiro atoms. The average molecular weight is 280 g/mol. The van der Waals surface area contributed by atoms with Crippen LogP contribution in [0.1, 0.15) is 46.5 Å². The van der Waals surface area contributed by atoms with Gasteiger partial charge in [-0.2, -0.15) is 13.2 Å². The normalized spacial score (nSPS) is 25.6. The molecule has 1 saturated carbocycles. The maximum Gasteiger partial charge on any atom is 0.391 e. The number of alkyl halides is 3. The number of hydrogen-bond acceptors (Lipinski definition) is 2. The molecule has 19 heavy (non-hydrogen) atoms. The van der Waals surface area contributed by atoms with E-state index in [1.807, 2.05) is 0 Å². The summed E-state index contributed by atoms with van der Waals surface area (Å²) in [6.07, 6.45) is -1.99. The molecule has 0 heterocycles. The third kappa shape index (κ3) is 7.16. The van der Waals surface area contributed by atoms with E-state index in [-0.39, 0.29) is 5.54 Å². The van der Waals surface area contributed by atoms with E-state index in [1.165, 1.54) is 0 Å². The molecule has 0 aromatic carbocycles. The fraction of sp³-hybridized carbons (Fsp3) is 1.00. The van der Waals surface area contributed by atoms with Crippen molar-refractivity contribution in [1.29, 1.82) is 0 Å². The van der Waals surface area contributed by atoms with E-state index in [0.29, 0.717) is 31.6 Å². The Morgan fingerprint density at radius 1 is 0.947 bits per heavy atom. The molecular weight excluding hydrogens is 253 g/mol. The molecule has 0 aromatic heterocycles. The summed E-state index contributed by atoms with van der Waals surface area (Å²) in [5.41, 5.74) is 0.118. The lowest BCUT2D eigenvalue weighted by molar-refractivity contribution is -0.183. The fourth-order valence-electron chi connectivity index (χ4n) is 2.53. The van der Waals surface area contributed by atoms with Crippen LogP contribution in [0.15, 0.2) is 0 Å². The first-order valence-corrected chi connectivity index (χ1v) is 7.21. The topological polar surface area (TPSA) is 24.1 Å². The van der Waals surface area contributed by atoms with Crippen molar-refractivity contribution in [3.05, 3.63) is 0 Å². The highest BCUT2D eigenvalue weighted by molar-refractivity contribution is 4.78. The van der Waals surface area contributed by atoms with E-state index in [9.17, 15) is 13.2 Å². The average Bonchev–Trinajstić information content (AvgIpc) is 2.26. The lowest BCUT2D eigenvalue weighted by Crippen LogP contribution is -2.41. The Morgan fingerprint density at radius 2 is 1.53 bits per heavy atom. The second-order valence-corrected chi connectivity index (χ2v) is 6.64. The summed E-state index contributed by atoms with van der Waals surface area (Å²) >= 11 is 0. The highest BCUT2D eigenvalue weighted by atomic mass is 19.4. The van der Waals surface area contributed by atoms with Crippen molar-refractivity contribution in [3.63, 3.8) is 0 Å². The number of nitrogens with one attached hydrogen (secondary N) is 2. The van der Waals surface area contributed by atoms with E-state index in [1.54, 1.807) is 0 Å².